The molecule has 0 heterocycles. The topological polar surface area (TPSA) is 52.6 Å². The van der Waals surface area contributed by atoms with Crippen molar-refractivity contribution in [3.8, 4) is 5.75 Å². The lowest BCUT2D eigenvalue weighted by molar-refractivity contribution is 0.0597. The Balaban J connectivity index is 2.45. The fourth-order valence-corrected chi connectivity index (χ4v) is 2.19. The van der Waals surface area contributed by atoms with Gasteiger partial charge in [0.1, 0.15) is 5.75 Å². The van der Waals surface area contributed by atoms with E-state index >= 15 is 0 Å². The van der Waals surface area contributed by atoms with Gasteiger partial charge in [-0.1, -0.05) is 29.8 Å². The second-order valence-corrected chi connectivity index (χ2v) is 4.62. The molecular formula is C16H13ClO4. The van der Waals surface area contributed by atoms with Crippen LogP contribution in [0.15, 0.2) is 42.5 Å². The molecule has 2 aromatic rings. The van der Waals surface area contributed by atoms with Crippen LogP contribution in [0.25, 0.3) is 0 Å². The molecule has 0 unspecified atom stereocenters. The summed E-state index contributed by atoms with van der Waals surface area (Å²) in [5, 5.41) is 0.332. The lowest BCUT2D eigenvalue weighted by Gasteiger charge is -2.08. The van der Waals surface area contributed by atoms with Gasteiger partial charge in [0.05, 0.1) is 24.8 Å². The first-order chi connectivity index (χ1) is 10.1. The van der Waals surface area contributed by atoms with Gasteiger partial charge in [0.15, 0.2) is 5.78 Å². The number of hydrogen-bond acceptors (Lipinski definition) is 4. The number of carbonyl (C=O) groups excluding carboxylic acids is 2. The molecule has 0 amide bonds. The predicted molar refractivity (Wildman–Crippen MR) is 79.2 cm³/mol. The Morgan fingerprint density at radius 3 is 2.24 bits per heavy atom. The summed E-state index contributed by atoms with van der Waals surface area (Å²) in [5.74, 6) is -0.381. The maximum atomic E-state index is 12.5. The van der Waals surface area contributed by atoms with Crippen molar-refractivity contribution in [2.24, 2.45) is 0 Å². The summed E-state index contributed by atoms with van der Waals surface area (Å²) < 4.78 is 9.73. The minimum atomic E-state index is -0.557. The van der Waals surface area contributed by atoms with Gasteiger partial charge in [0.2, 0.25) is 0 Å². The largest absolute Gasteiger partial charge is 0.495 e. The number of benzene rings is 2. The van der Waals surface area contributed by atoms with Crippen LogP contribution in [0.2, 0.25) is 5.02 Å². The van der Waals surface area contributed by atoms with E-state index in [0.29, 0.717) is 16.3 Å². The summed E-state index contributed by atoms with van der Waals surface area (Å²) in [6.07, 6.45) is 0. The Morgan fingerprint density at radius 1 is 1.00 bits per heavy atom. The molecule has 21 heavy (non-hydrogen) atoms. The number of esters is 1. The summed E-state index contributed by atoms with van der Waals surface area (Å²) in [5.41, 5.74) is 0.861. The van der Waals surface area contributed by atoms with Crippen LogP contribution in [0.3, 0.4) is 0 Å². The van der Waals surface area contributed by atoms with E-state index in [9.17, 15) is 9.59 Å². The molecule has 0 spiro atoms. The molecule has 0 radical (unpaired) electrons. The van der Waals surface area contributed by atoms with Crippen molar-refractivity contribution in [3.05, 3.63) is 64.2 Å². The molecule has 2 rings (SSSR count). The summed E-state index contributed by atoms with van der Waals surface area (Å²) in [6, 6.07) is 11.2. The molecule has 0 N–H and O–H groups in total. The first-order valence-electron chi connectivity index (χ1n) is 6.14. The molecule has 0 atom stereocenters. The highest BCUT2D eigenvalue weighted by atomic mass is 35.5. The molecule has 0 fully saturated rings. The average molecular weight is 305 g/mol. The molecule has 108 valence electrons. The normalized spacial score (nSPS) is 10.0. The molecule has 0 saturated carbocycles. The van der Waals surface area contributed by atoms with Gasteiger partial charge in [-0.15, -0.1) is 0 Å². The third-order valence-corrected chi connectivity index (χ3v) is 3.29. The number of rotatable bonds is 4. The number of carbonyl (C=O) groups is 2. The maximum Gasteiger partial charge on any atom is 0.338 e. The minimum Gasteiger partial charge on any atom is -0.495 e. The maximum absolute atomic E-state index is 12.5. The van der Waals surface area contributed by atoms with Gasteiger partial charge in [-0.25, -0.2) is 4.79 Å². The molecule has 0 bridgehead atoms. The zero-order valence-corrected chi connectivity index (χ0v) is 12.3. The number of ketones is 1. The fourth-order valence-electron chi connectivity index (χ4n) is 1.93. The summed E-state index contributed by atoms with van der Waals surface area (Å²) in [7, 11) is 2.77. The highest BCUT2D eigenvalue weighted by Crippen LogP contribution is 2.26. The van der Waals surface area contributed by atoms with Crippen molar-refractivity contribution >= 4 is 23.4 Å². The fraction of sp³-hybridized carbons (Fsp3) is 0.125. The summed E-state index contributed by atoms with van der Waals surface area (Å²) >= 11 is 6.02. The molecule has 0 aliphatic rings. The quantitative estimate of drug-likeness (QED) is 0.642. The van der Waals surface area contributed by atoms with E-state index in [1.54, 1.807) is 36.4 Å². The van der Waals surface area contributed by atoms with Crippen molar-refractivity contribution in [2.45, 2.75) is 0 Å². The second-order valence-electron chi connectivity index (χ2n) is 4.22. The van der Waals surface area contributed by atoms with E-state index in [0.717, 1.165) is 0 Å². The summed E-state index contributed by atoms with van der Waals surface area (Å²) in [6.45, 7) is 0. The Kier molecular flexibility index (Phi) is 4.60. The van der Waals surface area contributed by atoms with Gasteiger partial charge in [-0.3, -0.25) is 4.79 Å². The summed E-state index contributed by atoms with van der Waals surface area (Å²) in [4.78, 5) is 24.2. The Hall–Kier alpha value is -2.33. The smallest absolute Gasteiger partial charge is 0.338 e. The highest BCUT2D eigenvalue weighted by molar-refractivity contribution is 6.32. The molecule has 0 aliphatic heterocycles. The van der Waals surface area contributed by atoms with E-state index in [4.69, 9.17) is 16.3 Å². The van der Waals surface area contributed by atoms with Crippen molar-refractivity contribution in [1.82, 2.24) is 0 Å². The molecule has 2 aromatic carbocycles. The number of methoxy groups -OCH3 is 2. The molecule has 0 saturated heterocycles. The predicted octanol–water partition coefficient (Wildman–Crippen LogP) is 3.37. The first kappa shape index (κ1) is 15.1. The zero-order chi connectivity index (χ0) is 15.4. The molecule has 4 nitrogen and oxygen atoms in total. The van der Waals surface area contributed by atoms with Crippen LogP contribution < -0.4 is 4.74 Å². The van der Waals surface area contributed by atoms with Gasteiger partial charge >= 0.3 is 5.97 Å². The van der Waals surface area contributed by atoms with Crippen LogP contribution in [-0.2, 0) is 4.74 Å². The van der Waals surface area contributed by atoms with E-state index in [1.165, 1.54) is 20.3 Å². The van der Waals surface area contributed by atoms with Gasteiger partial charge in [-0.2, -0.15) is 0 Å². The van der Waals surface area contributed by atoms with Gasteiger partial charge in [-0.05, 0) is 24.3 Å². The molecule has 0 aromatic heterocycles. The molecular weight excluding hydrogens is 292 g/mol. The highest BCUT2D eigenvalue weighted by Gasteiger charge is 2.19. The first-order valence-corrected chi connectivity index (χ1v) is 6.52. The van der Waals surface area contributed by atoms with E-state index in [1.807, 2.05) is 0 Å². The third kappa shape index (κ3) is 3.06. The standard InChI is InChI=1S/C16H13ClO4/c1-20-14-8-7-10(9-13(14)17)15(18)11-5-3-4-6-12(11)16(19)21-2/h3-9H,1-2H3. The lowest BCUT2D eigenvalue weighted by Crippen LogP contribution is -2.11. The van der Waals surface area contributed by atoms with Gasteiger partial charge < -0.3 is 9.47 Å². The monoisotopic (exact) mass is 304 g/mol. The third-order valence-electron chi connectivity index (χ3n) is 2.99. The van der Waals surface area contributed by atoms with Crippen LogP contribution >= 0.6 is 11.6 Å². The minimum absolute atomic E-state index is 0.219. The van der Waals surface area contributed by atoms with Crippen molar-refractivity contribution in [1.29, 1.82) is 0 Å². The van der Waals surface area contributed by atoms with Crippen LogP contribution in [0.1, 0.15) is 26.3 Å². The second kappa shape index (κ2) is 6.41. The van der Waals surface area contributed by atoms with Crippen molar-refractivity contribution < 1.29 is 19.1 Å². The van der Waals surface area contributed by atoms with Gasteiger partial charge in [0, 0.05) is 11.1 Å². The Bertz CT molecular complexity index is 694. The number of halogens is 1. The van der Waals surface area contributed by atoms with E-state index in [2.05, 4.69) is 4.74 Å². The van der Waals surface area contributed by atoms with E-state index in [-0.39, 0.29) is 16.9 Å². The van der Waals surface area contributed by atoms with Gasteiger partial charge in [0.25, 0.3) is 0 Å². The van der Waals surface area contributed by atoms with Crippen molar-refractivity contribution in [2.75, 3.05) is 14.2 Å². The molecule has 5 heteroatoms. The van der Waals surface area contributed by atoms with Crippen molar-refractivity contribution in [3.63, 3.8) is 0 Å². The number of ether oxygens (including phenoxy) is 2. The van der Waals surface area contributed by atoms with Crippen LogP contribution in [0.5, 0.6) is 5.75 Å². The SMILES string of the molecule is COC(=O)c1ccccc1C(=O)c1ccc(OC)c(Cl)c1. The Labute approximate surface area is 127 Å². The van der Waals surface area contributed by atoms with Crippen LogP contribution in [-0.4, -0.2) is 26.0 Å². The average Bonchev–Trinajstić information content (AvgIpc) is 2.53. The van der Waals surface area contributed by atoms with Crippen LogP contribution in [0.4, 0.5) is 0 Å². The number of hydrogen-bond donors (Lipinski definition) is 0. The zero-order valence-electron chi connectivity index (χ0n) is 11.6. The Morgan fingerprint density at radius 2 is 1.67 bits per heavy atom. The molecule has 0 aliphatic carbocycles. The lowest BCUT2D eigenvalue weighted by atomic mass is 9.98. The van der Waals surface area contributed by atoms with E-state index < -0.39 is 5.97 Å². The van der Waals surface area contributed by atoms with Crippen LogP contribution in [0, 0.1) is 0 Å².